The number of nitrogens with one attached hydrogen (secondary N) is 1. The number of hydrogen-bond acceptors (Lipinski definition) is 8. The molecule has 10 nitrogen and oxygen atoms in total. The van der Waals surface area contributed by atoms with Gasteiger partial charge >= 0.3 is 0 Å². The molecule has 6 rings (SSSR count). The van der Waals surface area contributed by atoms with E-state index in [-0.39, 0.29) is 17.6 Å². The van der Waals surface area contributed by atoms with E-state index >= 15 is 0 Å². The van der Waals surface area contributed by atoms with Crippen LogP contribution in [0.5, 0.6) is 11.5 Å². The zero-order valence-corrected chi connectivity index (χ0v) is 19.1. The van der Waals surface area contributed by atoms with Crippen molar-refractivity contribution in [3.05, 3.63) is 72.8 Å². The number of benzene rings is 2. The third-order valence-corrected chi connectivity index (χ3v) is 6.31. The number of pyridine rings is 1. The molecule has 0 saturated carbocycles. The van der Waals surface area contributed by atoms with Gasteiger partial charge in [-0.25, -0.2) is 4.39 Å². The minimum Gasteiger partial charge on any atom is -0.457 e. The predicted octanol–water partition coefficient (Wildman–Crippen LogP) is 3.85. The van der Waals surface area contributed by atoms with Crippen LogP contribution in [0.25, 0.3) is 16.4 Å². The Morgan fingerprint density at radius 1 is 1.06 bits per heavy atom. The van der Waals surface area contributed by atoms with Crippen LogP contribution < -0.4 is 15.0 Å². The lowest BCUT2D eigenvalue weighted by molar-refractivity contribution is -0.120. The summed E-state index contributed by atoms with van der Waals surface area (Å²) in [5.74, 6) is 1.18. The average Bonchev–Trinajstić information content (AvgIpc) is 3.38. The maximum absolute atomic E-state index is 13.6. The van der Waals surface area contributed by atoms with Crippen LogP contribution in [0.3, 0.4) is 0 Å². The fourth-order valence-corrected chi connectivity index (χ4v) is 4.43. The topological polar surface area (TPSA) is 110 Å². The molecule has 1 fully saturated rings. The van der Waals surface area contributed by atoms with Crippen LogP contribution in [0.4, 0.5) is 15.9 Å². The molecule has 0 bridgehead atoms. The highest BCUT2D eigenvalue weighted by atomic mass is 19.1. The second-order valence-electron chi connectivity index (χ2n) is 8.56. The van der Waals surface area contributed by atoms with E-state index in [4.69, 9.17) is 4.74 Å². The highest BCUT2D eigenvalue weighted by molar-refractivity contribution is 6.04. The monoisotopic (exact) mass is 484 g/mol. The predicted molar refractivity (Wildman–Crippen MR) is 130 cm³/mol. The Bertz CT molecular complexity index is 1560. The van der Waals surface area contributed by atoms with E-state index in [1.807, 2.05) is 18.2 Å². The summed E-state index contributed by atoms with van der Waals surface area (Å²) >= 11 is 0. The first kappa shape index (κ1) is 21.8. The van der Waals surface area contributed by atoms with Crippen molar-refractivity contribution in [2.45, 2.75) is 12.8 Å². The van der Waals surface area contributed by atoms with Gasteiger partial charge in [0.05, 0.1) is 5.69 Å². The summed E-state index contributed by atoms with van der Waals surface area (Å²) < 4.78 is 20.9. The highest BCUT2D eigenvalue weighted by Gasteiger charge is 2.26. The minimum absolute atomic E-state index is 0.0394. The molecule has 1 saturated heterocycles. The highest BCUT2D eigenvalue weighted by Crippen LogP contribution is 2.34. The van der Waals surface area contributed by atoms with Crippen molar-refractivity contribution < 1.29 is 13.9 Å². The Hall–Kier alpha value is -4.67. The molecular weight excluding hydrogens is 463 g/mol. The number of halogens is 1. The molecule has 0 unspecified atom stereocenters. The van der Waals surface area contributed by atoms with Gasteiger partial charge in [-0.05, 0) is 65.7 Å². The first-order valence-electron chi connectivity index (χ1n) is 11.6. The molecule has 3 aromatic heterocycles. The van der Waals surface area contributed by atoms with Gasteiger partial charge in [-0.15, -0.1) is 14.8 Å². The first-order chi connectivity index (χ1) is 17.6. The van der Waals surface area contributed by atoms with Gasteiger partial charge in [0.1, 0.15) is 17.3 Å². The molecule has 4 heterocycles. The normalized spacial score (nSPS) is 14.3. The van der Waals surface area contributed by atoms with Crippen LogP contribution in [0.15, 0.2) is 67.0 Å². The van der Waals surface area contributed by atoms with Crippen LogP contribution >= 0.6 is 0 Å². The molecule has 1 amide bonds. The van der Waals surface area contributed by atoms with E-state index in [2.05, 4.69) is 35.8 Å². The molecule has 0 aliphatic carbocycles. The number of anilines is 2. The van der Waals surface area contributed by atoms with E-state index in [9.17, 15) is 9.18 Å². The van der Waals surface area contributed by atoms with Crippen LogP contribution in [-0.4, -0.2) is 49.2 Å². The van der Waals surface area contributed by atoms with Crippen LogP contribution in [0.1, 0.15) is 12.8 Å². The molecule has 36 heavy (non-hydrogen) atoms. The number of hydrogen-bond donors (Lipinski definition) is 1. The second kappa shape index (κ2) is 9.17. The lowest BCUT2D eigenvalue weighted by atomic mass is 9.95. The van der Waals surface area contributed by atoms with E-state index in [0.29, 0.717) is 48.8 Å². The van der Waals surface area contributed by atoms with Gasteiger partial charge in [-0.3, -0.25) is 9.78 Å². The third kappa shape index (κ3) is 4.26. The third-order valence-electron chi connectivity index (χ3n) is 6.31. The molecule has 2 aromatic carbocycles. The zero-order chi connectivity index (χ0) is 24.5. The molecule has 0 atom stereocenters. The van der Waals surface area contributed by atoms with Gasteiger partial charge in [0.25, 0.3) is 0 Å². The van der Waals surface area contributed by atoms with E-state index < -0.39 is 0 Å². The SMILES string of the molecule is O=C(Nc1ccc(Oc2cccc(F)c2)c2ccncc12)C1CCN(c2ccc3nnnn3n2)CC1. The molecule has 1 N–H and O–H groups in total. The lowest BCUT2D eigenvalue weighted by Crippen LogP contribution is -2.38. The largest absolute Gasteiger partial charge is 0.457 e. The number of carbonyl (C=O) groups excluding carboxylic acids is 1. The quantitative estimate of drug-likeness (QED) is 0.401. The number of amides is 1. The Kier molecular flexibility index (Phi) is 5.56. The number of carbonyl (C=O) groups is 1. The van der Waals surface area contributed by atoms with Crippen LogP contribution in [0.2, 0.25) is 0 Å². The molecular formula is C25H21FN8O2. The van der Waals surface area contributed by atoms with Crippen molar-refractivity contribution in [3.8, 4) is 11.5 Å². The summed E-state index contributed by atoms with van der Waals surface area (Å²) in [5.41, 5.74) is 1.24. The Morgan fingerprint density at radius 2 is 1.94 bits per heavy atom. The number of fused-ring (bicyclic) bond motifs is 2. The first-order valence-corrected chi connectivity index (χ1v) is 11.6. The molecule has 1 aliphatic rings. The van der Waals surface area contributed by atoms with Crippen LogP contribution in [-0.2, 0) is 4.79 Å². The summed E-state index contributed by atoms with van der Waals surface area (Å²) in [6, 6.07) is 15.0. The smallest absolute Gasteiger partial charge is 0.227 e. The lowest BCUT2D eigenvalue weighted by Gasteiger charge is -2.32. The average molecular weight is 484 g/mol. The van der Waals surface area contributed by atoms with Crippen molar-refractivity contribution in [1.82, 2.24) is 30.2 Å². The zero-order valence-electron chi connectivity index (χ0n) is 19.1. The number of aromatic nitrogens is 6. The second-order valence-corrected chi connectivity index (χ2v) is 8.56. The molecule has 0 radical (unpaired) electrons. The van der Waals surface area contributed by atoms with Crippen molar-refractivity contribution >= 4 is 33.8 Å². The molecule has 0 spiro atoms. The number of ether oxygens (including phenoxy) is 1. The van der Waals surface area contributed by atoms with Gasteiger partial charge in [0.15, 0.2) is 11.5 Å². The fraction of sp³-hybridized carbons (Fsp3) is 0.200. The number of rotatable bonds is 5. The fourth-order valence-electron chi connectivity index (χ4n) is 4.43. The number of nitrogens with zero attached hydrogens (tertiary/aromatic N) is 7. The summed E-state index contributed by atoms with van der Waals surface area (Å²) in [5, 5.41) is 20.4. The maximum Gasteiger partial charge on any atom is 0.227 e. The Balaban J connectivity index is 1.16. The Morgan fingerprint density at radius 3 is 2.81 bits per heavy atom. The van der Waals surface area contributed by atoms with Crippen molar-refractivity contribution in [1.29, 1.82) is 0 Å². The minimum atomic E-state index is -0.375. The standard InChI is InChI=1S/C25H21FN8O2/c26-17-2-1-3-18(14-17)36-22-5-4-21(20-15-27-11-8-19(20)22)28-25(35)16-9-12-33(13-10-16)24-7-6-23-29-31-32-34(23)30-24/h1-8,11,14-16H,9-10,12-13H2,(H,28,35). The number of tetrazole rings is 1. The van der Waals surface area contributed by atoms with Gasteiger partial charge in [-0.2, -0.15) is 0 Å². The van der Waals surface area contributed by atoms with Gasteiger partial charge in [-0.1, -0.05) is 6.07 Å². The summed E-state index contributed by atoms with van der Waals surface area (Å²) in [7, 11) is 0. The van der Waals surface area contributed by atoms with Crippen LogP contribution in [0, 0.1) is 11.7 Å². The summed E-state index contributed by atoms with van der Waals surface area (Å²) in [6.07, 6.45) is 4.73. The molecule has 11 heteroatoms. The van der Waals surface area contributed by atoms with Gasteiger partial charge in [0.2, 0.25) is 5.91 Å². The van der Waals surface area contributed by atoms with Gasteiger partial charge < -0.3 is 15.0 Å². The summed E-state index contributed by atoms with van der Waals surface area (Å²) in [4.78, 5) is 19.5. The van der Waals surface area contributed by atoms with E-state index in [1.54, 1.807) is 36.7 Å². The molecule has 5 aromatic rings. The number of piperidine rings is 1. The van der Waals surface area contributed by atoms with E-state index in [0.717, 1.165) is 16.6 Å². The maximum atomic E-state index is 13.6. The van der Waals surface area contributed by atoms with Gasteiger partial charge in [0, 0.05) is 48.2 Å². The Labute approximate surface area is 204 Å². The van der Waals surface area contributed by atoms with Crippen molar-refractivity contribution in [2.24, 2.45) is 5.92 Å². The molecule has 180 valence electrons. The molecule has 1 aliphatic heterocycles. The van der Waals surface area contributed by atoms with Crippen molar-refractivity contribution in [3.63, 3.8) is 0 Å². The van der Waals surface area contributed by atoms with Crippen molar-refractivity contribution in [2.75, 3.05) is 23.3 Å². The summed E-state index contributed by atoms with van der Waals surface area (Å²) in [6.45, 7) is 1.39. The van der Waals surface area contributed by atoms with E-state index in [1.165, 1.54) is 16.8 Å².